The first-order valence-electron chi connectivity index (χ1n) is 6.27. The predicted molar refractivity (Wildman–Crippen MR) is 73.5 cm³/mol. The van der Waals surface area contributed by atoms with Crippen molar-refractivity contribution in [1.82, 2.24) is 15.0 Å². The molecule has 0 saturated heterocycles. The maximum Gasteiger partial charge on any atom is 0.131 e. The van der Waals surface area contributed by atoms with Crippen LogP contribution in [-0.4, -0.2) is 21.5 Å². The number of hydrogen-bond donors (Lipinski definition) is 1. The summed E-state index contributed by atoms with van der Waals surface area (Å²) < 4.78 is 0. The Hall–Kier alpha value is -1.97. The van der Waals surface area contributed by atoms with Gasteiger partial charge in [0.25, 0.3) is 0 Å². The zero-order valence-corrected chi connectivity index (χ0v) is 11.1. The van der Waals surface area contributed by atoms with Gasteiger partial charge < -0.3 is 5.32 Å². The molecule has 4 heteroatoms. The molecule has 18 heavy (non-hydrogen) atoms. The molecule has 0 saturated carbocycles. The summed E-state index contributed by atoms with van der Waals surface area (Å²) in [6.07, 6.45) is 4.48. The third kappa shape index (κ3) is 2.64. The second-order valence-corrected chi connectivity index (χ2v) is 4.13. The highest BCUT2D eigenvalue weighted by Gasteiger charge is 2.07. The third-order valence-electron chi connectivity index (χ3n) is 2.74. The maximum absolute atomic E-state index is 4.59. The van der Waals surface area contributed by atoms with Crippen molar-refractivity contribution in [2.24, 2.45) is 0 Å². The van der Waals surface area contributed by atoms with Gasteiger partial charge in [0.1, 0.15) is 11.6 Å². The lowest BCUT2D eigenvalue weighted by molar-refractivity contribution is 0.938. The van der Waals surface area contributed by atoms with Gasteiger partial charge in [-0.05, 0) is 25.5 Å². The van der Waals surface area contributed by atoms with Gasteiger partial charge in [0.05, 0.1) is 5.69 Å². The summed E-state index contributed by atoms with van der Waals surface area (Å²) in [4.78, 5) is 13.2. The Balaban J connectivity index is 2.50. The number of pyridine rings is 1. The summed E-state index contributed by atoms with van der Waals surface area (Å²) in [5, 5.41) is 3.25. The maximum atomic E-state index is 4.59. The second kappa shape index (κ2) is 5.58. The fourth-order valence-electron chi connectivity index (χ4n) is 1.83. The number of aromatic nitrogens is 3. The zero-order valence-electron chi connectivity index (χ0n) is 11.1. The Morgan fingerprint density at radius 1 is 1.22 bits per heavy atom. The van der Waals surface area contributed by atoms with E-state index < -0.39 is 0 Å². The van der Waals surface area contributed by atoms with Crippen LogP contribution in [0.3, 0.4) is 0 Å². The molecule has 0 atom stereocenters. The van der Waals surface area contributed by atoms with Crippen LogP contribution in [0.15, 0.2) is 24.5 Å². The van der Waals surface area contributed by atoms with Crippen LogP contribution in [0.1, 0.15) is 25.2 Å². The largest absolute Gasteiger partial charge is 0.370 e. The van der Waals surface area contributed by atoms with Gasteiger partial charge in [-0.25, -0.2) is 9.97 Å². The van der Waals surface area contributed by atoms with E-state index in [0.717, 1.165) is 41.4 Å². The minimum atomic E-state index is 0.830. The quantitative estimate of drug-likeness (QED) is 0.895. The zero-order chi connectivity index (χ0) is 13.0. The third-order valence-corrected chi connectivity index (χ3v) is 2.74. The van der Waals surface area contributed by atoms with Crippen LogP contribution < -0.4 is 5.32 Å². The first-order chi connectivity index (χ1) is 8.74. The number of hydrogen-bond acceptors (Lipinski definition) is 4. The molecule has 0 aliphatic rings. The second-order valence-electron chi connectivity index (χ2n) is 4.13. The first kappa shape index (κ1) is 12.5. The van der Waals surface area contributed by atoms with E-state index in [0.29, 0.717) is 0 Å². The summed E-state index contributed by atoms with van der Waals surface area (Å²) in [5.41, 5.74) is 3.19. The van der Waals surface area contributed by atoms with Gasteiger partial charge in [0.15, 0.2) is 0 Å². The van der Waals surface area contributed by atoms with E-state index in [2.05, 4.69) is 34.1 Å². The van der Waals surface area contributed by atoms with Crippen molar-refractivity contribution in [3.8, 4) is 11.3 Å². The van der Waals surface area contributed by atoms with E-state index >= 15 is 0 Å². The summed E-state index contributed by atoms with van der Waals surface area (Å²) in [6, 6.07) is 3.98. The summed E-state index contributed by atoms with van der Waals surface area (Å²) in [7, 11) is 0. The van der Waals surface area contributed by atoms with Crippen LogP contribution in [0.5, 0.6) is 0 Å². The van der Waals surface area contributed by atoms with Crippen LogP contribution in [0, 0.1) is 6.92 Å². The molecule has 0 amide bonds. The fourth-order valence-corrected chi connectivity index (χ4v) is 1.83. The van der Waals surface area contributed by atoms with Crippen LogP contribution >= 0.6 is 0 Å². The Bertz CT molecular complexity index is 537. The molecule has 0 unspecified atom stereocenters. The summed E-state index contributed by atoms with van der Waals surface area (Å²) in [6.45, 7) is 7.03. The average molecular weight is 242 g/mol. The monoisotopic (exact) mass is 242 g/mol. The Morgan fingerprint density at radius 2 is 2.06 bits per heavy atom. The number of nitrogens with zero attached hydrogens (tertiary/aromatic N) is 3. The van der Waals surface area contributed by atoms with Crippen LogP contribution in [-0.2, 0) is 6.42 Å². The topological polar surface area (TPSA) is 50.7 Å². The molecule has 0 fully saturated rings. The van der Waals surface area contributed by atoms with Crippen LogP contribution in [0.2, 0.25) is 0 Å². The highest BCUT2D eigenvalue weighted by molar-refractivity contribution is 5.65. The molecule has 0 aliphatic carbocycles. The smallest absolute Gasteiger partial charge is 0.131 e. The van der Waals surface area contributed by atoms with Gasteiger partial charge in [-0.15, -0.1) is 0 Å². The molecule has 0 spiro atoms. The van der Waals surface area contributed by atoms with Gasteiger partial charge >= 0.3 is 0 Å². The van der Waals surface area contributed by atoms with E-state index in [4.69, 9.17) is 0 Å². The number of aryl methyl sites for hydroxylation is 2. The van der Waals surface area contributed by atoms with E-state index in [1.54, 1.807) is 6.20 Å². The molecule has 2 heterocycles. The van der Waals surface area contributed by atoms with E-state index in [1.807, 2.05) is 25.3 Å². The van der Waals surface area contributed by atoms with Gasteiger partial charge in [0.2, 0.25) is 0 Å². The number of nitrogens with one attached hydrogen (secondary N) is 1. The molecule has 94 valence electrons. The minimum absolute atomic E-state index is 0.830. The number of anilines is 1. The predicted octanol–water partition coefficient (Wildman–Crippen LogP) is 2.84. The lowest BCUT2D eigenvalue weighted by Gasteiger charge is -2.09. The SMILES string of the molecule is CCNc1cc(-c2ccncc2C)nc(CC)n1. The average Bonchev–Trinajstić information content (AvgIpc) is 2.39. The number of rotatable bonds is 4. The molecule has 0 radical (unpaired) electrons. The molecule has 2 aromatic rings. The van der Waals surface area contributed by atoms with Gasteiger partial charge in [-0.2, -0.15) is 0 Å². The lowest BCUT2D eigenvalue weighted by atomic mass is 10.1. The first-order valence-corrected chi connectivity index (χ1v) is 6.27. The highest BCUT2D eigenvalue weighted by Crippen LogP contribution is 2.22. The van der Waals surface area contributed by atoms with Gasteiger partial charge in [-0.1, -0.05) is 6.92 Å². The normalized spacial score (nSPS) is 10.4. The summed E-state index contributed by atoms with van der Waals surface area (Å²) in [5.74, 6) is 1.75. The Morgan fingerprint density at radius 3 is 2.72 bits per heavy atom. The fraction of sp³-hybridized carbons (Fsp3) is 0.357. The van der Waals surface area contributed by atoms with Crippen molar-refractivity contribution in [3.05, 3.63) is 35.9 Å². The minimum Gasteiger partial charge on any atom is -0.370 e. The van der Waals surface area contributed by atoms with Crippen molar-refractivity contribution in [1.29, 1.82) is 0 Å². The Labute approximate surface area is 108 Å². The van der Waals surface area contributed by atoms with Gasteiger partial charge in [-0.3, -0.25) is 4.98 Å². The highest BCUT2D eigenvalue weighted by atomic mass is 15.0. The molecule has 2 aromatic heterocycles. The van der Waals surface area contributed by atoms with Crippen molar-refractivity contribution in [3.63, 3.8) is 0 Å². The molecule has 1 N–H and O–H groups in total. The van der Waals surface area contributed by atoms with Crippen molar-refractivity contribution < 1.29 is 0 Å². The van der Waals surface area contributed by atoms with Crippen molar-refractivity contribution in [2.45, 2.75) is 27.2 Å². The van der Waals surface area contributed by atoms with Crippen molar-refractivity contribution in [2.75, 3.05) is 11.9 Å². The van der Waals surface area contributed by atoms with Gasteiger partial charge in [0, 0.05) is 37.0 Å². The molecule has 0 bridgehead atoms. The molecule has 4 nitrogen and oxygen atoms in total. The molecular weight excluding hydrogens is 224 g/mol. The molecule has 0 aromatic carbocycles. The van der Waals surface area contributed by atoms with E-state index in [-0.39, 0.29) is 0 Å². The molecular formula is C14H18N4. The molecule has 2 rings (SSSR count). The van der Waals surface area contributed by atoms with Crippen LogP contribution in [0.4, 0.5) is 5.82 Å². The summed E-state index contributed by atoms with van der Waals surface area (Å²) >= 11 is 0. The molecule has 0 aliphatic heterocycles. The van der Waals surface area contributed by atoms with E-state index in [1.165, 1.54) is 0 Å². The lowest BCUT2D eigenvalue weighted by Crippen LogP contribution is -2.04. The Kier molecular flexibility index (Phi) is 3.87. The van der Waals surface area contributed by atoms with E-state index in [9.17, 15) is 0 Å². The van der Waals surface area contributed by atoms with Crippen LogP contribution in [0.25, 0.3) is 11.3 Å². The van der Waals surface area contributed by atoms with Crippen molar-refractivity contribution >= 4 is 5.82 Å². The standard InChI is InChI=1S/C14H18N4/c1-4-13-17-12(8-14(18-13)16-5-2)11-6-7-15-9-10(11)3/h6-9H,4-5H2,1-3H3,(H,16,17,18).